The van der Waals surface area contributed by atoms with Crippen LogP contribution in [0.1, 0.15) is 61.1 Å². The molecule has 0 spiro atoms. The predicted octanol–water partition coefficient (Wildman–Crippen LogP) is 8.19. The summed E-state index contributed by atoms with van der Waals surface area (Å²) in [6.07, 6.45) is 3.31. The van der Waals surface area contributed by atoms with Crippen LogP contribution in [-0.4, -0.2) is 34.9 Å². The third kappa shape index (κ3) is 7.38. The van der Waals surface area contributed by atoms with Crippen molar-refractivity contribution in [3.63, 3.8) is 0 Å². The van der Waals surface area contributed by atoms with E-state index in [4.69, 9.17) is 19.5 Å². The highest BCUT2D eigenvalue weighted by Crippen LogP contribution is 2.35. The topological polar surface area (TPSA) is 83.6 Å². The van der Waals surface area contributed by atoms with E-state index < -0.39 is 0 Å². The first-order valence-corrected chi connectivity index (χ1v) is 14.3. The Kier molecular flexibility index (Phi) is 10.0. The molecule has 0 fully saturated rings. The van der Waals surface area contributed by atoms with Crippen LogP contribution in [0.2, 0.25) is 0 Å². The number of ether oxygens (including phenoxy) is 2. The summed E-state index contributed by atoms with van der Waals surface area (Å²) in [7, 11) is 0. The van der Waals surface area contributed by atoms with E-state index in [1.54, 1.807) is 24.6 Å². The van der Waals surface area contributed by atoms with Crippen LogP contribution >= 0.6 is 0 Å². The highest BCUT2D eigenvalue weighted by molar-refractivity contribution is 5.86. The summed E-state index contributed by atoms with van der Waals surface area (Å²) in [5.41, 5.74) is 7.94. The van der Waals surface area contributed by atoms with Gasteiger partial charge < -0.3 is 19.7 Å². The molecular weight excluding hydrogens is 524 g/mol. The Hall–Kier alpha value is -4.58. The number of rotatable bonds is 11. The molecule has 4 aromatic rings. The van der Waals surface area contributed by atoms with Crippen LogP contribution in [0.15, 0.2) is 82.8 Å². The summed E-state index contributed by atoms with van der Waals surface area (Å²) in [6, 6.07) is 23.4. The first-order valence-electron chi connectivity index (χ1n) is 14.3. The third-order valence-corrected chi connectivity index (χ3v) is 6.74. The van der Waals surface area contributed by atoms with Crippen molar-refractivity contribution in [3.05, 3.63) is 106 Å². The van der Waals surface area contributed by atoms with Crippen LogP contribution < -0.4 is 9.47 Å². The first-order chi connectivity index (χ1) is 20.2. The van der Waals surface area contributed by atoms with Gasteiger partial charge in [-0.15, -0.1) is 0 Å². The molecule has 0 aliphatic heterocycles. The second-order valence-corrected chi connectivity index (χ2v) is 10.9. The standard InChI is InChI=1S/C36H40N2O4/c1-23(2)41-31-17-9-15-29(35(31)39)21-37-19-27-13-7-11-25(5)33(27)34-26(6)12-8-14-28(34)20-38-22-30-16-10-18-32(36(30)40)42-24(3)4/h7-18,21-24,39-40H,19-20H2,1-6H3. The molecule has 218 valence electrons. The fourth-order valence-electron chi connectivity index (χ4n) is 4.91. The third-order valence-electron chi connectivity index (χ3n) is 6.74. The van der Waals surface area contributed by atoms with E-state index >= 15 is 0 Å². The van der Waals surface area contributed by atoms with Gasteiger partial charge in [-0.3, -0.25) is 9.98 Å². The maximum atomic E-state index is 10.7. The molecule has 0 radical (unpaired) electrons. The molecule has 0 aromatic heterocycles. The van der Waals surface area contributed by atoms with Gasteiger partial charge in [0, 0.05) is 23.6 Å². The molecule has 0 heterocycles. The summed E-state index contributed by atoms with van der Waals surface area (Å²) in [5.74, 6) is 1.07. The SMILES string of the molecule is Cc1cccc(CN=Cc2cccc(OC(C)C)c2O)c1-c1c(C)cccc1CN=Cc1cccc(OC(C)C)c1O. The van der Waals surface area contributed by atoms with E-state index in [0.717, 1.165) is 33.4 Å². The van der Waals surface area contributed by atoms with Crippen molar-refractivity contribution in [1.29, 1.82) is 0 Å². The molecule has 6 heteroatoms. The van der Waals surface area contributed by atoms with Gasteiger partial charge in [0.15, 0.2) is 23.0 Å². The van der Waals surface area contributed by atoms with Crippen molar-refractivity contribution in [2.24, 2.45) is 9.98 Å². The van der Waals surface area contributed by atoms with Crippen LogP contribution in [0.5, 0.6) is 23.0 Å². The average Bonchev–Trinajstić information content (AvgIpc) is 2.93. The van der Waals surface area contributed by atoms with E-state index in [2.05, 4.69) is 38.1 Å². The minimum Gasteiger partial charge on any atom is -0.504 e. The lowest BCUT2D eigenvalue weighted by atomic mass is 9.88. The number of hydrogen-bond acceptors (Lipinski definition) is 6. The lowest BCUT2D eigenvalue weighted by Crippen LogP contribution is -2.06. The molecule has 0 amide bonds. The van der Waals surface area contributed by atoms with E-state index in [9.17, 15) is 10.2 Å². The Morgan fingerprint density at radius 1 is 0.595 bits per heavy atom. The maximum absolute atomic E-state index is 10.7. The molecule has 0 aliphatic rings. The Labute approximate surface area is 249 Å². The van der Waals surface area contributed by atoms with Crippen LogP contribution in [-0.2, 0) is 13.1 Å². The van der Waals surface area contributed by atoms with Crippen LogP contribution in [0.25, 0.3) is 11.1 Å². The zero-order valence-corrected chi connectivity index (χ0v) is 25.3. The number of aryl methyl sites for hydroxylation is 2. The number of benzene rings is 4. The summed E-state index contributed by atoms with van der Waals surface area (Å²) < 4.78 is 11.4. The van der Waals surface area contributed by atoms with Gasteiger partial charge in [-0.2, -0.15) is 0 Å². The number of para-hydroxylation sites is 2. The number of nitrogens with zero attached hydrogens (tertiary/aromatic N) is 2. The lowest BCUT2D eigenvalue weighted by molar-refractivity contribution is 0.231. The fourth-order valence-corrected chi connectivity index (χ4v) is 4.91. The molecule has 0 aliphatic carbocycles. The van der Waals surface area contributed by atoms with Crippen LogP contribution in [0, 0.1) is 13.8 Å². The first kappa shape index (κ1) is 30.4. The van der Waals surface area contributed by atoms with Gasteiger partial charge in [-0.1, -0.05) is 48.5 Å². The monoisotopic (exact) mass is 564 g/mol. The van der Waals surface area contributed by atoms with E-state index in [0.29, 0.717) is 35.7 Å². The number of aliphatic imine (C=N–C) groups is 2. The Morgan fingerprint density at radius 2 is 0.976 bits per heavy atom. The number of aromatic hydroxyl groups is 2. The van der Waals surface area contributed by atoms with E-state index in [1.165, 1.54) is 0 Å². The van der Waals surface area contributed by atoms with E-state index in [1.807, 2.05) is 64.1 Å². The van der Waals surface area contributed by atoms with Crippen LogP contribution in [0.3, 0.4) is 0 Å². The van der Waals surface area contributed by atoms with Gasteiger partial charge in [-0.05, 0) is 99.2 Å². The van der Waals surface area contributed by atoms with Gasteiger partial charge in [0.2, 0.25) is 0 Å². The van der Waals surface area contributed by atoms with Gasteiger partial charge in [-0.25, -0.2) is 0 Å². The second kappa shape index (κ2) is 13.9. The zero-order chi connectivity index (χ0) is 30.2. The highest BCUT2D eigenvalue weighted by Gasteiger charge is 2.15. The van der Waals surface area contributed by atoms with Crippen LogP contribution in [0.4, 0.5) is 0 Å². The second-order valence-electron chi connectivity index (χ2n) is 10.9. The molecule has 6 nitrogen and oxygen atoms in total. The minimum absolute atomic E-state index is 0.0414. The van der Waals surface area contributed by atoms with Crippen molar-refractivity contribution in [2.75, 3.05) is 0 Å². The average molecular weight is 565 g/mol. The zero-order valence-electron chi connectivity index (χ0n) is 25.3. The van der Waals surface area contributed by atoms with Gasteiger partial charge in [0.1, 0.15) is 0 Å². The van der Waals surface area contributed by atoms with Gasteiger partial charge in [0.25, 0.3) is 0 Å². The minimum atomic E-state index is -0.0414. The molecule has 2 N–H and O–H groups in total. The summed E-state index contributed by atoms with van der Waals surface area (Å²) in [5, 5.41) is 21.3. The quantitative estimate of drug-likeness (QED) is 0.180. The molecule has 0 atom stereocenters. The number of phenolic OH excluding ortho intramolecular Hbond substituents is 2. The number of phenols is 2. The Bertz CT molecular complexity index is 1470. The molecular formula is C36H40N2O4. The fraction of sp³-hybridized carbons (Fsp3) is 0.278. The Balaban J connectivity index is 1.62. The predicted molar refractivity (Wildman–Crippen MR) is 172 cm³/mol. The summed E-state index contributed by atoms with van der Waals surface area (Å²) in [6.45, 7) is 12.8. The molecule has 4 aromatic carbocycles. The molecule has 0 unspecified atom stereocenters. The molecule has 0 bridgehead atoms. The van der Waals surface area contributed by atoms with Gasteiger partial charge in [0.05, 0.1) is 25.3 Å². The molecule has 0 saturated carbocycles. The Morgan fingerprint density at radius 3 is 1.36 bits per heavy atom. The molecule has 4 rings (SSSR count). The van der Waals surface area contributed by atoms with Crippen molar-refractivity contribution in [1.82, 2.24) is 0 Å². The molecule has 0 saturated heterocycles. The van der Waals surface area contributed by atoms with Gasteiger partial charge >= 0.3 is 0 Å². The summed E-state index contributed by atoms with van der Waals surface area (Å²) in [4.78, 5) is 9.42. The lowest BCUT2D eigenvalue weighted by Gasteiger charge is -2.18. The van der Waals surface area contributed by atoms with Crippen molar-refractivity contribution in [3.8, 4) is 34.1 Å². The largest absolute Gasteiger partial charge is 0.504 e. The summed E-state index contributed by atoms with van der Waals surface area (Å²) >= 11 is 0. The van der Waals surface area contributed by atoms with Crippen molar-refractivity contribution in [2.45, 2.75) is 66.8 Å². The smallest absolute Gasteiger partial charge is 0.166 e. The number of hydrogen-bond donors (Lipinski definition) is 2. The van der Waals surface area contributed by atoms with Crippen molar-refractivity contribution < 1.29 is 19.7 Å². The van der Waals surface area contributed by atoms with Crippen molar-refractivity contribution >= 4 is 12.4 Å². The highest BCUT2D eigenvalue weighted by atomic mass is 16.5. The molecule has 42 heavy (non-hydrogen) atoms. The normalized spacial score (nSPS) is 11.7. The van der Waals surface area contributed by atoms with E-state index in [-0.39, 0.29) is 23.7 Å². The maximum Gasteiger partial charge on any atom is 0.166 e.